The van der Waals surface area contributed by atoms with Crippen molar-refractivity contribution < 1.29 is 19.4 Å². The number of Topliss-reactive ketones (excluding diaryl/α,β-unsaturated/α-hetero) is 1. The monoisotopic (exact) mass is 469 g/mol. The first kappa shape index (κ1) is 24.3. The molecule has 1 amide bonds. The van der Waals surface area contributed by atoms with Gasteiger partial charge in [0.2, 0.25) is 0 Å². The molecule has 0 spiro atoms. The Labute approximate surface area is 206 Å². The Bertz CT molecular complexity index is 1260. The molecular formula is C30H31NO4. The normalized spacial score (nSPS) is 17.3. The Morgan fingerprint density at radius 3 is 2.26 bits per heavy atom. The number of benzene rings is 3. The van der Waals surface area contributed by atoms with Crippen molar-refractivity contribution in [3.63, 3.8) is 0 Å². The van der Waals surface area contributed by atoms with Gasteiger partial charge in [0, 0.05) is 17.3 Å². The van der Waals surface area contributed by atoms with Crippen molar-refractivity contribution >= 4 is 23.1 Å². The highest BCUT2D eigenvalue weighted by Crippen LogP contribution is 2.43. The molecule has 5 heteroatoms. The maximum Gasteiger partial charge on any atom is 0.300 e. The second-order valence-electron chi connectivity index (χ2n) is 8.97. The number of carbonyl (C=O) groups is 2. The van der Waals surface area contributed by atoms with Gasteiger partial charge in [-0.25, -0.2) is 0 Å². The first-order valence-corrected chi connectivity index (χ1v) is 12.1. The van der Waals surface area contributed by atoms with Crippen LogP contribution in [0.4, 0.5) is 5.69 Å². The molecule has 1 fully saturated rings. The molecule has 1 aliphatic rings. The molecule has 1 atom stereocenters. The van der Waals surface area contributed by atoms with Gasteiger partial charge < -0.3 is 9.84 Å². The van der Waals surface area contributed by atoms with E-state index < -0.39 is 17.7 Å². The quantitative estimate of drug-likeness (QED) is 0.247. The van der Waals surface area contributed by atoms with E-state index in [-0.39, 0.29) is 11.3 Å². The maximum absolute atomic E-state index is 13.4. The molecule has 0 radical (unpaired) electrons. The number of anilines is 1. The smallest absolute Gasteiger partial charge is 0.300 e. The molecule has 3 aromatic rings. The number of aliphatic hydroxyl groups is 1. The van der Waals surface area contributed by atoms with Crippen molar-refractivity contribution in [3.05, 3.63) is 101 Å². The minimum absolute atomic E-state index is 0.0818. The number of amides is 1. The lowest BCUT2D eigenvalue weighted by atomic mass is 9.93. The van der Waals surface area contributed by atoms with Crippen LogP contribution in [-0.4, -0.2) is 23.4 Å². The Morgan fingerprint density at radius 1 is 0.971 bits per heavy atom. The summed E-state index contributed by atoms with van der Waals surface area (Å²) in [6.45, 7) is 8.65. The summed E-state index contributed by atoms with van der Waals surface area (Å²) in [5, 5.41) is 11.3. The van der Waals surface area contributed by atoms with Crippen LogP contribution in [-0.2, 0) is 16.0 Å². The molecule has 35 heavy (non-hydrogen) atoms. The van der Waals surface area contributed by atoms with Crippen LogP contribution in [0.25, 0.3) is 5.76 Å². The van der Waals surface area contributed by atoms with E-state index in [0.717, 1.165) is 23.1 Å². The van der Waals surface area contributed by atoms with Gasteiger partial charge in [0.25, 0.3) is 11.7 Å². The lowest BCUT2D eigenvalue weighted by Crippen LogP contribution is -2.29. The number of hydrogen-bond acceptors (Lipinski definition) is 4. The van der Waals surface area contributed by atoms with Gasteiger partial charge >= 0.3 is 0 Å². The molecule has 5 nitrogen and oxygen atoms in total. The van der Waals surface area contributed by atoms with E-state index in [4.69, 9.17) is 4.74 Å². The third-order valence-electron chi connectivity index (χ3n) is 6.41. The van der Waals surface area contributed by atoms with E-state index in [1.165, 1.54) is 4.90 Å². The van der Waals surface area contributed by atoms with Gasteiger partial charge in [-0.15, -0.1) is 0 Å². The van der Waals surface area contributed by atoms with Gasteiger partial charge in [-0.05, 0) is 48.1 Å². The van der Waals surface area contributed by atoms with Gasteiger partial charge in [-0.2, -0.15) is 0 Å². The molecule has 0 saturated carbocycles. The van der Waals surface area contributed by atoms with Crippen LogP contribution in [0.3, 0.4) is 0 Å². The van der Waals surface area contributed by atoms with Gasteiger partial charge in [0.15, 0.2) is 0 Å². The van der Waals surface area contributed by atoms with Crippen LogP contribution in [0.2, 0.25) is 0 Å². The van der Waals surface area contributed by atoms with Crippen LogP contribution in [0.15, 0.2) is 78.4 Å². The lowest BCUT2D eigenvalue weighted by molar-refractivity contribution is -0.132. The van der Waals surface area contributed by atoms with Crippen molar-refractivity contribution in [2.45, 2.75) is 46.1 Å². The van der Waals surface area contributed by atoms with Gasteiger partial charge in [0.05, 0.1) is 18.2 Å². The summed E-state index contributed by atoms with van der Waals surface area (Å²) < 4.78 is 5.63. The minimum atomic E-state index is -0.765. The van der Waals surface area contributed by atoms with E-state index in [1.54, 1.807) is 30.3 Å². The highest BCUT2D eigenvalue weighted by molar-refractivity contribution is 6.51. The summed E-state index contributed by atoms with van der Waals surface area (Å²) in [7, 11) is 0. The zero-order valence-electron chi connectivity index (χ0n) is 20.6. The second-order valence-corrected chi connectivity index (χ2v) is 8.97. The third kappa shape index (κ3) is 4.72. The molecule has 180 valence electrons. The zero-order valence-corrected chi connectivity index (χ0v) is 20.6. The fraction of sp³-hybridized carbons (Fsp3) is 0.267. The predicted octanol–water partition coefficient (Wildman–Crippen LogP) is 6.40. The molecule has 1 unspecified atom stereocenters. The van der Waals surface area contributed by atoms with Crippen LogP contribution in [0, 0.1) is 0 Å². The van der Waals surface area contributed by atoms with Crippen molar-refractivity contribution in [1.29, 1.82) is 0 Å². The Balaban J connectivity index is 1.89. The zero-order chi connectivity index (χ0) is 25.1. The van der Waals surface area contributed by atoms with E-state index in [9.17, 15) is 14.7 Å². The highest BCUT2D eigenvalue weighted by atomic mass is 16.5. The van der Waals surface area contributed by atoms with E-state index in [2.05, 4.69) is 20.8 Å². The number of aryl methyl sites for hydroxylation is 1. The summed E-state index contributed by atoms with van der Waals surface area (Å²) in [5.74, 6) is -0.608. The third-order valence-corrected chi connectivity index (χ3v) is 6.41. The lowest BCUT2D eigenvalue weighted by Gasteiger charge is -2.26. The standard InChI is InChI=1S/C30H31NO4/c1-5-20-10-12-23(13-11-20)28(32)26-27(22-16-14-21(15-17-22)19(3)4)31(30(34)29(26)33)24-8-7-9-25(18-24)35-6-2/h7-19,27,32H,5-6H2,1-4H3/b28-26+. The van der Waals surface area contributed by atoms with Crippen molar-refractivity contribution in [1.82, 2.24) is 0 Å². The second kappa shape index (κ2) is 10.2. The number of ether oxygens (including phenoxy) is 1. The van der Waals surface area contributed by atoms with Crippen molar-refractivity contribution in [2.24, 2.45) is 0 Å². The predicted molar refractivity (Wildman–Crippen MR) is 139 cm³/mol. The van der Waals surface area contributed by atoms with Crippen LogP contribution in [0.1, 0.15) is 61.9 Å². The molecule has 0 aliphatic carbocycles. The Kier molecular flexibility index (Phi) is 7.06. The van der Waals surface area contributed by atoms with Gasteiger partial charge in [-0.3, -0.25) is 14.5 Å². The highest BCUT2D eigenvalue weighted by Gasteiger charge is 2.47. The molecule has 1 saturated heterocycles. The maximum atomic E-state index is 13.4. The molecular weight excluding hydrogens is 438 g/mol. The number of rotatable bonds is 7. The molecule has 1 heterocycles. The summed E-state index contributed by atoms with van der Waals surface area (Å²) in [6, 6.07) is 21.7. The van der Waals surface area contributed by atoms with E-state index >= 15 is 0 Å². The first-order chi connectivity index (χ1) is 16.8. The fourth-order valence-corrected chi connectivity index (χ4v) is 4.42. The summed E-state index contributed by atoms with van der Waals surface area (Å²) in [4.78, 5) is 28.2. The largest absolute Gasteiger partial charge is 0.507 e. The topological polar surface area (TPSA) is 66.8 Å². The van der Waals surface area contributed by atoms with E-state index in [1.807, 2.05) is 49.4 Å². The number of hydrogen-bond donors (Lipinski definition) is 1. The fourth-order valence-electron chi connectivity index (χ4n) is 4.42. The SMILES string of the molecule is CCOc1cccc(N2C(=O)C(=O)/C(=C(/O)c3ccc(CC)cc3)C2c2ccc(C(C)C)cc2)c1. The summed E-state index contributed by atoms with van der Waals surface area (Å²) >= 11 is 0. The molecule has 3 aromatic carbocycles. The molecule has 0 aromatic heterocycles. The van der Waals surface area contributed by atoms with E-state index in [0.29, 0.717) is 29.5 Å². The molecule has 1 N–H and O–H groups in total. The number of ketones is 1. The Morgan fingerprint density at radius 2 is 1.66 bits per heavy atom. The number of nitrogens with zero attached hydrogens (tertiary/aromatic N) is 1. The Hall–Kier alpha value is -3.86. The number of carbonyl (C=O) groups excluding carboxylic acids is 2. The molecule has 4 rings (SSSR count). The van der Waals surface area contributed by atoms with Crippen LogP contribution < -0.4 is 9.64 Å². The summed E-state index contributed by atoms with van der Waals surface area (Å²) in [6.07, 6.45) is 0.865. The summed E-state index contributed by atoms with van der Waals surface area (Å²) in [5.41, 5.74) is 4.15. The average Bonchev–Trinajstić information content (AvgIpc) is 3.14. The van der Waals surface area contributed by atoms with Crippen molar-refractivity contribution in [3.8, 4) is 5.75 Å². The van der Waals surface area contributed by atoms with Crippen LogP contribution in [0.5, 0.6) is 5.75 Å². The van der Waals surface area contributed by atoms with Crippen LogP contribution >= 0.6 is 0 Å². The first-order valence-electron chi connectivity index (χ1n) is 12.1. The number of aliphatic hydroxyl groups excluding tert-OH is 1. The minimum Gasteiger partial charge on any atom is -0.507 e. The van der Waals surface area contributed by atoms with Gasteiger partial charge in [0.1, 0.15) is 11.5 Å². The average molecular weight is 470 g/mol. The molecule has 0 bridgehead atoms. The van der Waals surface area contributed by atoms with Gasteiger partial charge in [-0.1, -0.05) is 75.4 Å². The van der Waals surface area contributed by atoms with Crippen molar-refractivity contribution in [2.75, 3.05) is 11.5 Å². The molecule has 1 aliphatic heterocycles.